The van der Waals surface area contributed by atoms with Gasteiger partial charge in [0.05, 0.1) is 10.6 Å². The second kappa shape index (κ2) is 2.74. The molecule has 1 heterocycles. The minimum atomic E-state index is -1.07. The first-order valence-corrected chi connectivity index (χ1v) is 3.82. The van der Waals surface area contributed by atoms with Crippen LogP contribution in [0.2, 0.25) is 5.02 Å². The number of aromatic carboxylic acids is 1. The maximum Gasteiger partial charge on any atom is 0.337 e. The summed E-state index contributed by atoms with van der Waals surface area (Å²) in [5.74, 6) is -1.07. The molecule has 0 fully saturated rings. The zero-order chi connectivity index (χ0) is 9.42. The third-order valence-corrected chi connectivity index (χ3v) is 1.96. The highest BCUT2D eigenvalue weighted by Crippen LogP contribution is 2.22. The molecule has 0 radical (unpaired) electrons. The molecule has 0 unspecified atom stereocenters. The summed E-state index contributed by atoms with van der Waals surface area (Å²) in [6, 6.07) is 2.82. The number of carbonyl (C=O) groups is 1. The molecule has 1 aromatic carbocycles. The summed E-state index contributed by atoms with van der Waals surface area (Å²) in [7, 11) is 0. The van der Waals surface area contributed by atoms with Gasteiger partial charge in [-0.3, -0.25) is 0 Å². The lowest BCUT2D eigenvalue weighted by Crippen LogP contribution is -1.96. The molecule has 66 valence electrons. The quantitative estimate of drug-likeness (QED) is 0.761. The number of nitrogens with zero attached hydrogens (tertiary/aromatic N) is 1. The average molecular weight is 198 g/mol. The summed E-state index contributed by atoms with van der Waals surface area (Å²) >= 11 is 5.69. The van der Waals surface area contributed by atoms with Crippen LogP contribution in [0.1, 0.15) is 10.4 Å². The van der Waals surface area contributed by atoms with Crippen molar-refractivity contribution in [2.75, 3.05) is 0 Å². The molecular weight excluding hydrogens is 194 g/mol. The largest absolute Gasteiger partial charge is 0.478 e. The van der Waals surface area contributed by atoms with Crippen molar-refractivity contribution in [2.24, 2.45) is 0 Å². The first-order valence-electron chi connectivity index (χ1n) is 3.44. The molecule has 2 rings (SSSR count). The van der Waals surface area contributed by atoms with E-state index in [1.807, 2.05) is 0 Å². The molecule has 0 aliphatic carbocycles. The number of oxazole rings is 1. The van der Waals surface area contributed by atoms with Gasteiger partial charge in [-0.1, -0.05) is 11.6 Å². The Labute approximate surface area is 77.8 Å². The molecule has 1 aromatic heterocycles. The van der Waals surface area contributed by atoms with Crippen LogP contribution >= 0.6 is 11.6 Å². The Bertz CT molecular complexity index is 477. The normalized spacial score (nSPS) is 10.5. The number of halogens is 1. The lowest BCUT2D eigenvalue weighted by atomic mass is 10.2. The Hall–Kier alpha value is -1.55. The van der Waals surface area contributed by atoms with Gasteiger partial charge in [-0.25, -0.2) is 9.78 Å². The Morgan fingerprint density at radius 1 is 1.54 bits per heavy atom. The lowest BCUT2D eigenvalue weighted by molar-refractivity contribution is 0.0697. The van der Waals surface area contributed by atoms with Crippen LogP contribution in [0, 0.1) is 0 Å². The average Bonchev–Trinajstić information content (AvgIpc) is 2.48. The van der Waals surface area contributed by atoms with E-state index in [0.29, 0.717) is 11.1 Å². The van der Waals surface area contributed by atoms with Crippen molar-refractivity contribution in [3.05, 3.63) is 29.1 Å². The summed E-state index contributed by atoms with van der Waals surface area (Å²) in [6.45, 7) is 0. The number of hydrogen-bond donors (Lipinski definition) is 1. The van der Waals surface area contributed by atoms with Gasteiger partial charge >= 0.3 is 5.97 Å². The molecule has 0 aliphatic heterocycles. The highest BCUT2D eigenvalue weighted by atomic mass is 35.5. The van der Waals surface area contributed by atoms with E-state index in [2.05, 4.69) is 4.98 Å². The minimum absolute atomic E-state index is 0.0306. The monoisotopic (exact) mass is 197 g/mol. The predicted octanol–water partition coefficient (Wildman–Crippen LogP) is 2.18. The van der Waals surface area contributed by atoms with E-state index in [4.69, 9.17) is 21.1 Å². The molecule has 0 bridgehead atoms. The standard InChI is InChI=1S/C8H4ClNO3/c9-5-2-7-6(10-3-13-7)1-4(5)8(11)12/h1-3H,(H,11,12). The van der Waals surface area contributed by atoms with Crippen molar-refractivity contribution in [3.8, 4) is 0 Å². The Balaban J connectivity index is 2.76. The van der Waals surface area contributed by atoms with E-state index in [1.54, 1.807) is 0 Å². The number of carboxylic acids is 1. The number of hydrogen-bond acceptors (Lipinski definition) is 3. The van der Waals surface area contributed by atoms with Crippen molar-refractivity contribution < 1.29 is 14.3 Å². The maximum atomic E-state index is 10.6. The fourth-order valence-corrected chi connectivity index (χ4v) is 1.28. The van der Waals surface area contributed by atoms with Gasteiger partial charge in [-0.2, -0.15) is 0 Å². The number of rotatable bonds is 1. The van der Waals surface area contributed by atoms with E-state index in [-0.39, 0.29) is 10.6 Å². The molecule has 1 N–H and O–H groups in total. The topological polar surface area (TPSA) is 63.3 Å². The van der Waals surface area contributed by atoms with Gasteiger partial charge in [0.25, 0.3) is 0 Å². The first-order chi connectivity index (χ1) is 6.18. The Kier molecular flexibility index (Phi) is 1.70. The number of aromatic nitrogens is 1. The van der Waals surface area contributed by atoms with Crippen LogP contribution < -0.4 is 0 Å². The molecule has 0 amide bonds. The van der Waals surface area contributed by atoms with Crippen molar-refractivity contribution in [2.45, 2.75) is 0 Å². The van der Waals surface area contributed by atoms with Crippen LogP contribution in [0.5, 0.6) is 0 Å². The molecule has 0 saturated heterocycles. The zero-order valence-electron chi connectivity index (χ0n) is 6.32. The van der Waals surface area contributed by atoms with Gasteiger partial charge in [0.2, 0.25) is 0 Å². The lowest BCUT2D eigenvalue weighted by Gasteiger charge is -1.96. The molecule has 0 spiro atoms. The van der Waals surface area contributed by atoms with Crippen molar-refractivity contribution >= 4 is 28.7 Å². The number of fused-ring (bicyclic) bond motifs is 1. The minimum Gasteiger partial charge on any atom is -0.478 e. The van der Waals surface area contributed by atoms with Crippen LogP contribution in [0.3, 0.4) is 0 Å². The maximum absolute atomic E-state index is 10.6. The molecule has 4 nitrogen and oxygen atoms in total. The van der Waals surface area contributed by atoms with Crippen molar-refractivity contribution in [3.63, 3.8) is 0 Å². The summed E-state index contributed by atoms with van der Waals surface area (Å²) in [5, 5.41) is 8.87. The van der Waals surface area contributed by atoms with E-state index < -0.39 is 5.97 Å². The van der Waals surface area contributed by atoms with E-state index in [1.165, 1.54) is 18.5 Å². The van der Waals surface area contributed by atoms with Gasteiger partial charge in [0, 0.05) is 6.07 Å². The van der Waals surface area contributed by atoms with Crippen LogP contribution in [-0.4, -0.2) is 16.1 Å². The second-order valence-electron chi connectivity index (χ2n) is 2.46. The summed E-state index contributed by atoms with van der Waals surface area (Å²) in [6.07, 6.45) is 1.24. The van der Waals surface area contributed by atoms with Gasteiger partial charge in [-0.15, -0.1) is 0 Å². The van der Waals surface area contributed by atoms with Gasteiger partial charge in [0.1, 0.15) is 5.52 Å². The Morgan fingerprint density at radius 3 is 3.00 bits per heavy atom. The third kappa shape index (κ3) is 1.25. The van der Waals surface area contributed by atoms with Crippen LogP contribution in [0.25, 0.3) is 11.1 Å². The molecule has 0 aliphatic rings. The van der Waals surface area contributed by atoms with Crippen molar-refractivity contribution in [1.82, 2.24) is 4.98 Å². The van der Waals surface area contributed by atoms with Crippen LogP contribution in [-0.2, 0) is 0 Å². The Morgan fingerprint density at radius 2 is 2.31 bits per heavy atom. The summed E-state index contributed by atoms with van der Waals surface area (Å²) in [4.78, 5) is 14.5. The molecule has 0 saturated carbocycles. The third-order valence-electron chi connectivity index (χ3n) is 1.65. The fraction of sp³-hybridized carbons (Fsp3) is 0. The fourth-order valence-electron chi connectivity index (χ4n) is 1.04. The highest BCUT2D eigenvalue weighted by Gasteiger charge is 2.11. The van der Waals surface area contributed by atoms with E-state index >= 15 is 0 Å². The molecule has 5 heteroatoms. The highest BCUT2D eigenvalue weighted by molar-refractivity contribution is 6.34. The predicted molar refractivity (Wildman–Crippen MR) is 46.0 cm³/mol. The van der Waals surface area contributed by atoms with Crippen molar-refractivity contribution in [1.29, 1.82) is 0 Å². The van der Waals surface area contributed by atoms with Gasteiger partial charge < -0.3 is 9.52 Å². The second-order valence-corrected chi connectivity index (χ2v) is 2.86. The summed E-state index contributed by atoms with van der Waals surface area (Å²) < 4.78 is 4.94. The molecule has 2 aromatic rings. The smallest absolute Gasteiger partial charge is 0.337 e. The molecule has 13 heavy (non-hydrogen) atoms. The van der Waals surface area contributed by atoms with E-state index in [0.717, 1.165) is 0 Å². The summed E-state index contributed by atoms with van der Waals surface area (Å²) in [5.41, 5.74) is 1.000. The SMILES string of the molecule is O=C(O)c1cc2ncoc2cc1Cl. The first kappa shape index (κ1) is 8.07. The van der Waals surface area contributed by atoms with Crippen LogP contribution in [0.4, 0.5) is 0 Å². The number of benzene rings is 1. The van der Waals surface area contributed by atoms with Gasteiger partial charge in [-0.05, 0) is 6.07 Å². The van der Waals surface area contributed by atoms with Gasteiger partial charge in [0.15, 0.2) is 12.0 Å². The molecular formula is C8H4ClNO3. The van der Waals surface area contributed by atoms with Crippen LogP contribution in [0.15, 0.2) is 22.9 Å². The molecule has 0 atom stereocenters. The van der Waals surface area contributed by atoms with E-state index in [9.17, 15) is 4.79 Å². The number of carboxylic acid groups (broad SMARTS) is 1. The zero-order valence-corrected chi connectivity index (χ0v) is 7.08.